The molecule has 1 unspecified atom stereocenters. The number of rotatable bonds is 2. The summed E-state index contributed by atoms with van der Waals surface area (Å²) in [4.78, 5) is 7.79. The summed E-state index contributed by atoms with van der Waals surface area (Å²) < 4.78 is 12.2. The molecule has 0 aliphatic heterocycles. The van der Waals surface area contributed by atoms with Crippen molar-refractivity contribution in [3.63, 3.8) is 0 Å². The van der Waals surface area contributed by atoms with Crippen molar-refractivity contribution >= 4 is 20.6 Å². The largest absolute Gasteiger partial charge is 0.658 e. The summed E-state index contributed by atoms with van der Waals surface area (Å²) in [7, 11) is -2.37. The summed E-state index contributed by atoms with van der Waals surface area (Å²) in [5.41, 5.74) is 0. The number of hydrogen-bond acceptors (Lipinski definition) is 3. The zero-order chi connectivity index (χ0) is 4.99. The molecule has 0 bridgehead atoms. The molecular weight excluding hydrogens is 123 g/mol. The Balaban J connectivity index is 3.05. The number of nitrogens with one attached hydrogen (secondary N) is 1. The fraction of sp³-hybridized carbons (Fsp3) is 0. The van der Waals surface area contributed by atoms with Gasteiger partial charge in [-0.2, -0.15) is 0 Å². The average molecular weight is 125 g/mol. The summed E-state index contributed by atoms with van der Waals surface area (Å²) in [6, 6.07) is 0. The van der Waals surface area contributed by atoms with Crippen LogP contribution in [0.25, 0.3) is 0 Å². The van der Waals surface area contributed by atoms with E-state index in [-0.39, 0.29) is 0 Å². The molecule has 0 aromatic rings. The van der Waals surface area contributed by atoms with Crippen LogP contribution in [0.4, 0.5) is 0 Å². The Bertz CT molecular complexity index is 71.9. The standard InChI is InChI=1S/HN2O2PS/c3-5(4)1-2-6/h(H-,1,3,4,6)/p+1. The summed E-state index contributed by atoms with van der Waals surface area (Å²) in [5, 5.41) is 1.71. The van der Waals surface area contributed by atoms with Gasteiger partial charge in [-0.1, -0.05) is 9.67 Å². The van der Waals surface area contributed by atoms with Crippen molar-refractivity contribution in [2.75, 3.05) is 0 Å². The van der Waals surface area contributed by atoms with Crippen LogP contribution in [0.2, 0.25) is 0 Å². The molecule has 0 spiro atoms. The molecule has 4 nitrogen and oxygen atoms in total. The highest BCUT2D eigenvalue weighted by Gasteiger charge is 2.02. The summed E-state index contributed by atoms with van der Waals surface area (Å²) >= 11 is 3.90. The van der Waals surface area contributed by atoms with Crippen LogP contribution in [0.1, 0.15) is 0 Å². The van der Waals surface area contributed by atoms with E-state index in [9.17, 15) is 4.57 Å². The molecule has 34 valence electrons. The van der Waals surface area contributed by atoms with Gasteiger partial charge in [0.1, 0.15) is 0 Å². The van der Waals surface area contributed by atoms with Crippen LogP contribution in [0.3, 0.4) is 0 Å². The van der Waals surface area contributed by atoms with Crippen LogP contribution in [0, 0.1) is 0 Å². The van der Waals surface area contributed by atoms with Gasteiger partial charge in [-0.05, 0) is 0 Å². The minimum Gasteiger partial charge on any atom is -0.139 e. The molecular formula is H2N2O2PS+. The van der Waals surface area contributed by atoms with Crippen molar-refractivity contribution in [3.05, 3.63) is 0 Å². The minimum atomic E-state index is -2.37. The molecule has 1 atom stereocenters. The maximum absolute atomic E-state index is 9.48. The highest BCUT2D eigenvalue weighted by molar-refractivity contribution is 7.47. The summed E-state index contributed by atoms with van der Waals surface area (Å²) in [6.07, 6.45) is 0. The van der Waals surface area contributed by atoms with Crippen molar-refractivity contribution in [2.24, 2.45) is 4.47 Å². The molecule has 0 saturated heterocycles. The normalized spacial score (nSPS) is 9.83. The number of nitrogens with zero attached hydrogens (tertiary/aromatic N) is 1. The number of hydrogen-bond donors (Lipinski definition) is 2. The van der Waals surface area contributed by atoms with E-state index < -0.39 is 8.18 Å². The smallest absolute Gasteiger partial charge is 0.139 e. The molecule has 0 aromatic carbocycles. The molecule has 0 rings (SSSR count). The third-order valence-electron chi connectivity index (χ3n) is 0.126. The molecule has 0 aliphatic rings. The van der Waals surface area contributed by atoms with E-state index in [0.717, 1.165) is 0 Å². The lowest BCUT2D eigenvalue weighted by atomic mass is 13.0. The van der Waals surface area contributed by atoms with Gasteiger partial charge in [-0.15, -0.1) is 4.89 Å². The van der Waals surface area contributed by atoms with Gasteiger partial charge < -0.3 is 0 Å². The van der Waals surface area contributed by atoms with Gasteiger partial charge in [0.15, 0.2) is 0 Å². The van der Waals surface area contributed by atoms with E-state index in [0.29, 0.717) is 0 Å². The summed E-state index contributed by atoms with van der Waals surface area (Å²) in [5.74, 6) is 0. The average Bonchev–Trinajstić information content (AvgIpc) is 1.35. The first-order chi connectivity index (χ1) is 2.77. The second kappa shape index (κ2) is 3.08. The Morgan fingerprint density at radius 3 is 2.50 bits per heavy atom. The lowest BCUT2D eigenvalue weighted by Gasteiger charge is -1.62. The second-order valence-corrected chi connectivity index (χ2v) is 1.39. The Morgan fingerprint density at radius 2 is 2.50 bits per heavy atom. The van der Waals surface area contributed by atoms with E-state index in [1.807, 2.05) is 0 Å². The molecule has 0 heterocycles. The van der Waals surface area contributed by atoms with Gasteiger partial charge in [-0.3, -0.25) is 0 Å². The van der Waals surface area contributed by atoms with E-state index in [1.54, 1.807) is 5.20 Å². The van der Waals surface area contributed by atoms with Crippen molar-refractivity contribution in [1.29, 1.82) is 0 Å². The molecule has 2 N–H and O–H groups in total. The predicted molar refractivity (Wildman–Crippen MR) is 22.8 cm³/mol. The van der Waals surface area contributed by atoms with Crippen molar-refractivity contribution in [3.8, 4) is 0 Å². The first-order valence-corrected chi connectivity index (χ1v) is 2.59. The zero-order valence-corrected chi connectivity index (χ0v) is 4.37. The third kappa shape index (κ3) is 3.88. The quantitative estimate of drug-likeness (QED) is 0.398. The molecule has 0 fully saturated rings. The first-order valence-electron chi connectivity index (χ1n) is 1.01. The van der Waals surface area contributed by atoms with Gasteiger partial charge in [-0.25, -0.2) is 0 Å². The van der Waals surface area contributed by atoms with Gasteiger partial charge in [0.2, 0.25) is 0 Å². The lowest BCUT2D eigenvalue weighted by molar-refractivity contribution is 0.492. The maximum Gasteiger partial charge on any atom is 0.658 e. The molecule has 0 saturated carbocycles. The zero-order valence-electron chi connectivity index (χ0n) is 2.66. The van der Waals surface area contributed by atoms with E-state index in [1.165, 1.54) is 0 Å². The minimum absolute atomic E-state index is 1.71. The first kappa shape index (κ1) is 5.88. The topological polar surface area (TPSA) is 61.7 Å². The third-order valence-corrected chi connectivity index (χ3v) is 0.624. The highest BCUT2D eigenvalue weighted by Crippen LogP contribution is 2.01. The Hall–Kier alpha value is -0.120. The Morgan fingerprint density at radius 1 is 2.00 bits per heavy atom. The summed E-state index contributed by atoms with van der Waals surface area (Å²) in [6.45, 7) is 0. The van der Waals surface area contributed by atoms with Crippen molar-refractivity contribution in [1.82, 2.24) is 5.20 Å². The monoisotopic (exact) mass is 125 g/mol. The van der Waals surface area contributed by atoms with Crippen LogP contribution in [-0.2, 0) is 17.0 Å². The fourth-order valence-electron chi connectivity index (χ4n) is 0.0349. The van der Waals surface area contributed by atoms with E-state index >= 15 is 0 Å². The van der Waals surface area contributed by atoms with Gasteiger partial charge in [0.25, 0.3) is 0 Å². The Labute approximate surface area is 40.6 Å². The SMILES string of the molecule is O=[P+](O)NN=S. The Kier molecular flexibility index (Phi) is 3.02. The molecule has 0 aliphatic carbocycles. The molecule has 6 heteroatoms. The van der Waals surface area contributed by atoms with Crippen molar-refractivity contribution < 1.29 is 9.46 Å². The van der Waals surface area contributed by atoms with Crippen LogP contribution in [-0.4, -0.2) is 4.89 Å². The van der Waals surface area contributed by atoms with Gasteiger partial charge >= 0.3 is 8.18 Å². The maximum atomic E-state index is 9.48. The van der Waals surface area contributed by atoms with Crippen LogP contribution in [0.15, 0.2) is 4.47 Å². The molecule has 0 aromatic heterocycles. The lowest BCUT2D eigenvalue weighted by Crippen LogP contribution is -1.84. The van der Waals surface area contributed by atoms with E-state index in [4.69, 9.17) is 4.89 Å². The van der Waals surface area contributed by atoms with Crippen molar-refractivity contribution in [2.45, 2.75) is 0 Å². The van der Waals surface area contributed by atoms with E-state index in [2.05, 4.69) is 16.9 Å². The molecule has 0 amide bonds. The van der Waals surface area contributed by atoms with Gasteiger partial charge in [0, 0.05) is 4.57 Å². The van der Waals surface area contributed by atoms with Crippen LogP contribution < -0.4 is 5.20 Å². The van der Waals surface area contributed by atoms with Gasteiger partial charge in [0.05, 0.1) is 12.4 Å². The highest BCUT2D eigenvalue weighted by atomic mass is 32.1. The predicted octanol–water partition coefficient (Wildman–Crippen LogP) is -0.129. The van der Waals surface area contributed by atoms with Crippen LogP contribution >= 0.6 is 8.18 Å². The second-order valence-electron chi connectivity index (χ2n) is 0.464. The molecule has 0 radical (unpaired) electrons. The van der Waals surface area contributed by atoms with Crippen LogP contribution in [0.5, 0.6) is 0 Å². The molecule has 6 heavy (non-hydrogen) atoms. The fourth-order valence-corrected chi connectivity index (χ4v) is 0.314.